The highest BCUT2D eigenvalue weighted by Crippen LogP contribution is 2.27. The van der Waals surface area contributed by atoms with Crippen molar-refractivity contribution in [3.05, 3.63) is 29.0 Å². The highest BCUT2D eigenvalue weighted by atomic mass is 35.5. The number of aryl methyl sites for hydroxylation is 1. The first-order valence-corrected chi connectivity index (χ1v) is 7.54. The van der Waals surface area contributed by atoms with E-state index in [1.165, 1.54) is 11.3 Å². The number of carbonyl (C=O) groups is 1. The minimum atomic E-state index is -0.130. The van der Waals surface area contributed by atoms with Crippen molar-refractivity contribution in [2.75, 3.05) is 19.6 Å². The van der Waals surface area contributed by atoms with Gasteiger partial charge in [-0.15, -0.1) is 36.2 Å². The second-order valence-electron chi connectivity index (χ2n) is 4.41. The van der Waals surface area contributed by atoms with Crippen molar-refractivity contribution in [1.29, 1.82) is 0 Å². The predicted molar refractivity (Wildman–Crippen MR) is 94.5 cm³/mol. The molecule has 5 nitrogen and oxygen atoms in total. The number of rotatable bonds is 7. The average molecular weight is 366 g/mol. The Morgan fingerprint density at radius 1 is 1.32 bits per heavy atom. The maximum atomic E-state index is 12.1. The van der Waals surface area contributed by atoms with Gasteiger partial charge < -0.3 is 15.1 Å². The monoisotopic (exact) mass is 365 g/mol. The summed E-state index contributed by atoms with van der Waals surface area (Å²) in [5.41, 5.74) is 0.483. The van der Waals surface area contributed by atoms with Crippen LogP contribution < -0.4 is 10.6 Å². The van der Waals surface area contributed by atoms with Crippen molar-refractivity contribution in [3.8, 4) is 10.8 Å². The summed E-state index contributed by atoms with van der Waals surface area (Å²) in [6.45, 7) is 6.35. The van der Waals surface area contributed by atoms with E-state index in [2.05, 4.69) is 22.5 Å². The summed E-state index contributed by atoms with van der Waals surface area (Å²) in [4.78, 5) is 17.3. The van der Waals surface area contributed by atoms with Gasteiger partial charge in [-0.2, -0.15) is 0 Å². The number of hydrogen-bond donors (Lipinski definition) is 2. The van der Waals surface area contributed by atoms with E-state index in [9.17, 15) is 4.79 Å². The third-order valence-corrected chi connectivity index (χ3v) is 3.74. The van der Waals surface area contributed by atoms with Crippen LogP contribution in [0.25, 0.3) is 10.8 Å². The molecule has 22 heavy (non-hydrogen) atoms. The lowest BCUT2D eigenvalue weighted by Gasteiger charge is -2.04. The molecule has 2 aromatic rings. The summed E-state index contributed by atoms with van der Waals surface area (Å²) >= 11 is 1.47. The molecular weight excluding hydrogens is 345 g/mol. The Labute approximate surface area is 146 Å². The molecule has 0 aromatic carbocycles. The minimum absolute atomic E-state index is 0. The zero-order valence-electron chi connectivity index (χ0n) is 12.5. The number of aromatic nitrogens is 1. The first kappa shape index (κ1) is 20.9. The van der Waals surface area contributed by atoms with E-state index in [0.717, 1.165) is 29.4 Å². The van der Waals surface area contributed by atoms with E-state index < -0.39 is 0 Å². The lowest BCUT2D eigenvalue weighted by Crippen LogP contribution is -2.32. The van der Waals surface area contributed by atoms with Crippen molar-refractivity contribution in [1.82, 2.24) is 15.6 Å². The lowest BCUT2D eigenvalue weighted by atomic mass is 10.3. The van der Waals surface area contributed by atoms with E-state index in [1.54, 1.807) is 6.26 Å². The molecule has 0 unspecified atom stereocenters. The molecule has 0 atom stereocenters. The Morgan fingerprint density at radius 3 is 2.73 bits per heavy atom. The quantitative estimate of drug-likeness (QED) is 0.738. The number of nitrogens with zero attached hydrogens (tertiary/aromatic N) is 1. The van der Waals surface area contributed by atoms with Gasteiger partial charge in [0.05, 0.1) is 6.26 Å². The van der Waals surface area contributed by atoms with E-state index in [0.29, 0.717) is 18.0 Å². The minimum Gasteiger partial charge on any atom is -0.462 e. The van der Waals surface area contributed by atoms with Crippen LogP contribution in [-0.2, 0) is 0 Å². The third-order valence-electron chi connectivity index (χ3n) is 2.76. The summed E-state index contributed by atoms with van der Waals surface area (Å²) in [6, 6.07) is 3.65. The third kappa shape index (κ3) is 5.61. The summed E-state index contributed by atoms with van der Waals surface area (Å²) < 4.78 is 5.30. The number of amides is 1. The predicted octanol–water partition coefficient (Wildman–Crippen LogP) is 3.28. The molecule has 0 saturated carbocycles. The molecule has 8 heteroatoms. The largest absolute Gasteiger partial charge is 0.462 e. The summed E-state index contributed by atoms with van der Waals surface area (Å²) in [6.07, 6.45) is 2.69. The van der Waals surface area contributed by atoms with Crippen LogP contribution in [0.4, 0.5) is 0 Å². The van der Waals surface area contributed by atoms with Gasteiger partial charge in [-0.25, -0.2) is 4.98 Å². The zero-order valence-corrected chi connectivity index (χ0v) is 15.0. The van der Waals surface area contributed by atoms with Gasteiger partial charge in [0.1, 0.15) is 5.69 Å². The number of thiazole rings is 1. The first-order valence-electron chi connectivity index (χ1n) is 6.72. The second kappa shape index (κ2) is 10.6. The molecule has 0 aliphatic carbocycles. The van der Waals surface area contributed by atoms with E-state index in [4.69, 9.17) is 4.42 Å². The van der Waals surface area contributed by atoms with Gasteiger partial charge in [0.25, 0.3) is 5.91 Å². The lowest BCUT2D eigenvalue weighted by molar-refractivity contribution is 0.0949. The van der Waals surface area contributed by atoms with Crippen molar-refractivity contribution >= 4 is 42.1 Å². The molecule has 2 heterocycles. The zero-order chi connectivity index (χ0) is 14.4. The van der Waals surface area contributed by atoms with Crippen molar-refractivity contribution in [3.63, 3.8) is 0 Å². The van der Waals surface area contributed by atoms with E-state index in [1.807, 2.05) is 19.1 Å². The van der Waals surface area contributed by atoms with Crippen LogP contribution in [0.15, 0.2) is 22.8 Å². The molecule has 0 bridgehead atoms. The fraction of sp³-hybridized carbons (Fsp3) is 0.429. The number of nitrogens with one attached hydrogen (secondary N) is 2. The van der Waals surface area contributed by atoms with Gasteiger partial charge in [0, 0.05) is 18.0 Å². The van der Waals surface area contributed by atoms with Crippen LogP contribution in [0.1, 0.15) is 28.7 Å². The van der Waals surface area contributed by atoms with Crippen molar-refractivity contribution < 1.29 is 9.21 Å². The maximum absolute atomic E-state index is 12.1. The highest BCUT2D eigenvalue weighted by molar-refractivity contribution is 7.15. The molecule has 0 radical (unpaired) electrons. The van der Waals surface area contributed by atoms with Gasteiger partial charge in [-0.1, -0.05) is 6.92 Å². The smallest absolute Gasteiger partial charge is 0.271 e. The summed E-state index contributed by atoms with van der Waals surface area (Å²) in [7, 11) is 0. The molecule has 2 rings (SSSR count). The first-order chi connectivity index (χ1) is 9.72. The van der Waals surface area contributed by atoms with Crippen molar-refractivity contribution in [2.24, 2.45) is 0 Å². The van der Waals surface area contributed by atoms with Gasteiger partial charge in [-0.3, -0.25) is 4.79 Å². The van der Waals surface area contributed by atoms with Gasteiger partial charge in [-0.05, 0) is 32.0 Å². The van der Waals surface area contributed by atoms with Crippen LogP contribution in [0.3, 0.4) is 0 Å². The Hall–Kier alpha value is -1.08. The van der Waals surface area contributed by atoms with E-state index in [-0.39, 0.29) is 30.7 Å². The van der Waals surface area contributed by atoms with Crippen molar-refractivity contribution in [2.45, 2.75) is 20.3 Å². The SMILES string of the molecule is CCCNCCNC(=O)c1nc(-c2ccco2)sc1C.Cl.Cl. The molecular formula is C14H21Cl2N3O2S. The van der Waals surface area contributed by atoms with Crippen LogP contribution >= 0.6 is 36.2 Å². The Balaban J connectivity index is 0.00000220. The number of halogens is 2. The molecule has 0 aliphatic heterocycles. The normalized spacial score (nSPS) is 9.73. The standard InChI is InChI=1S/C14H19N3O2S.2ClH/c1-3-6-15-7-8-16-13(18)12-10(2)20-14(17-12)11-5-4-9-19-11;;/h4-5,9,15H,3,6-8H2,1-2H3,(H,16,18);2*1H. The molecule has 0 aliphatic rings. The number of furan rings is 1. The fourth-order valence-corrected chi connectivity index (χ4v) is 2.64. The van der Waals surface area contributed by atoms with Crippen LogP contribution in [0.5, 0.6) is 0 Å². The topological polar surface area (TPSA) is 67.2 Å². The molecule has 1 amide bonds. The molecule has 0 saturated heterocycles. The molecule has 0 spiro atoms. The van der Waals surface area contributed by atoms with Crippen LogP contribution in [0, 0.1) is 6.92 Å². The molecule has 0 fully saturated rings. The van der Waals surface area contributed by atoms with Gasteiger partial charge >= 0.3 is 0 Å². The van der Waals surface area contributed by atoms with Crippen LogP contribution in [0.2, 0.25) is 0 Å². The average Bonchev–Trinajstić information content (AvgIpc) is 3.07. The number of hydrogen-bond acceptors (Lipinski definition) is 5. The fourth-order valence-electron chi connectivity index (χ4n) is 1.76. The molecule has 2 N–H and O–H groups in total. The number of carbonyl (C=O) groups excluding carboxylic acids is 1. The highest BCUT2D eigenvalue weighted by Gasteiger charge is 2.16. The van der Waals surface area contributed by atoms with Crippen LogP contribution in [-0.4, -0.2) is 30.5 Å². The maximum Gasteiger partial charge on any atom is 0.271 e. The van der Waals surface area contributed by atoms with Gasteiger partial charge in [0.15, 0.2) is 10.8 Å². The van der Waals surface area contributed by atoms with Gasteiger partial charge in [0.2, 0.25) is 0 Å². The summed E-state index contributed by atoms with van der Waals surface area (Å²) in [5, 5.41) is 6.84. The Bertz CT molecular complexity index is 558. The van der Waals surface area contributed by atoms with E-state index >= 15 is 0 Å². The Kier molecular flexibility index (Phi) is 10.1. The Morgan fingerprint density at radius 2 is 2.09 bits per heavy atom. The second-order valence-corrected chi connectivity index (χ2v) is 5.61. The molecule has 124 valence electrons. The summed E-state index contributed by atoms with van der Waals surface area (Å²) in [5.74, 6) is 0.566. The molecule has 2 aromatic heterocycles.